The van der Waals surface area contributed by atoms with Crippen LogP contribution in [0.4, 0.5) is 4.39 Å². The van der Waals surface area contributed by atoms with Gasteiger partial charge in [0.2, 0.25) is 5.91 Å². The summed E-state index contributed by atoms with van der Waals surface area (Å²) >= 11 is 5.11. The number of halogens is 1. The summed E-state index contributed by atoms with van der Waals surface area (Å²) in [4.78, 5) is 12.0. The molecule has 0 aliphatic rings. The monoisotopic (exact) mass is 387 g/mol. The van der Waals surface area contributed by atoms with Crippen LogP contribution in [0.3, 0.4) is 0 Å². The fraction of sp³-hybridized carbons (Fsp3) is 0.333. The molecule has 2 rings (SSSR count). The van der Waals surface area contributed by atoms with Crippen LogP contribution in [0.5, 0.6) is 0 Å². The van der Waals surface area contributed by atoms with E-state index in [0.29, 0.717) is 24.5 Å². The molecule has 0 spiro atoms. The van der Waals surface area contributed by atoms with Gasteiger partial charge in [-0.15, -0.1) is 0 Å². The van der Waals surface area contributed by atoms with Crippen molar-refractivity contribution in [3.8, 4) is 0 Å². The van der Waals surface area contributed by atoms with Crippen LogP contribution in [0.1, 0.15) is 43.9 Å². The number of benzene rings is 2. The molecule has 2 aromatic carbocycles. The highest BCUT2D eigenvalue weighted by Crippen LogP contribution is 2.22. The van der Waals surface area contributed by atoms with Crippen LogP contribution in [0, 0.1) is 5.82 Å². The molecule has 144 valence electrons. The van der Waals surface area contributed by atoms with Gasteiger partial charge in [-0.25, -0.2) is 4.39 Å². The second-order valence-corrected chi connectivity index (χ2v) is 7.84. The van der Waals surface area contributed by atoms with E-state index in [9.17, 15) is 9.18 Å². The van der Waals surface area contributed by atoms with E-state index in [1.54, 1.807) is 12.1 Å². The largest absolute Gasteiger partial charge is 0.357 e. The molecule has 0 atom stereocenters. The first-order chi connectivity index (χ1) is 12.7. The van der Waals surface area contributed by atoms with Gasteiger partial charge in [-0.05, 0) is 52.9 Å². The molecule has 27 heavy (non-hydrogen) atoms. The zero-order chi connectivity index (χ0) is 19.9. The van der Waals surface area contributed by atoms with Crippen molar-refractivity contribution in [3.05, 3.63) is 71.0 Å². The minimum Gasteiger partial charge on any atom is -0.357 e. The number of hydrogen-bond acceptors (Lipinski definition) is 2. The van der Waals surface area contributed by atoms with E-state index in [2.05, 4.69) is 61.2 Å². The van der Waals surface area contributed by atoms with Crippen molar-refractivity contribution in [2.45, 2.75) is 45.6 Å². The summed E-state index contributed by atoms with van der Waals surface area (Å²) in [6, 6.07) is 14.5. The fourth-order valence-electron chi connectivity index (χ4n) is 2.45. The number of hydrazine groups is 1. The maximum Gasteiger partial charge on any atom is 0.238 e. The van der Waals surface area contributed by atoms with Crippen molar-refractivity contribution in [2.75, 3.05) is 0 Å². The van der Waals surface area contributed by atoms with Gasteiger partial charge < -0.3 is 5.32 Å². The second-order valence-electron chi connectivity index (χ2n) is 7.43. The van der Waals surface area contributed by atoms with Gasteiger partial charge in [-0.2, -0.15) is 0 Å². The maximum atomic E-state index is 12.9. The third-order valence-electron chi connectivity index (χ3n) is 4.14. The summed E-state index contributed by atoms with van der Waals surface area (Å²) in [5.41, 5.74) is 8.67. The van der Waals surface area contributed by atoms with Crippen LogP contribution in [0.15, 0.2) is 48.5 Å². The zero-order valence-corrected chi connectivity index (χ0v) is 16.8. The number of carbonyl (C=O) groups is 1. The molecular formula is C21H26FN3OS. The van der Waals surface area contributed by atoms with Crippen LogP contribution in [-0.4, -0.2) is 11.0 Å². The predicted octanol–water partition coefficient (Wildman–Crippen LogP) is 3.75. The SMILES string of the molecule is CC(C)(C)c1ccc(CCC(=O)NNC(=S)NCc2ccc(F)cc2)cc1. The summed E-state index contributed by atoms with van der Waals surface area (Å²) in [6.07, 6.45) is 1.02. The summed E-state index contributed by atoms with van der Waals surface area (Å²) in [6.45, 7) is 6.97. The molecule has 0 aliphatic heterocycles. The normalized spacial score (nSPS) is 11.0. The highest BCUT2D eigenvalue weighted by Gasteiger charge is 2.13. The lowest BCUT2D eigenvalue weighted by atomic mass is 9.86. The van der Waals surface area contributed by atoms with E-state index in [1.165, 1.54) is 17.7 Å². The van der Waals surface area contributed by atoms with Gasteiger partial charge in [-0.3, -0.25) is 15.6 Å². The van der Waals surface area contributed by atoms with Gasteiger partial charge in [0.05, 0.1) is 0 Å². The van der Waals surface area contributed by atoms with Gasteiger partial charge in [-0.1, -0.05) is 57.2 Å². The molecule has 0 heterocycles. The molecule has 0 saturated heterocycles. The molecular weight excluding hydrogens is 361 g/mol. The minimum absolute atomic E-state index is 0.121. The van der Waals surface area contributed by atoms with Crippen LogP contribution < -0.4 is 16.2 Å². The molecule has 2 aromatic rings. The van der Waals surface area contributed by atoms with Crippen LogP contribution >= 0.6 is 12.2 Å². The highest BCUT2D eigenvalue weighted by molar-refractivity contribution is 7.80. The average molecular weight is 388 g/mol. The Balaban J connectivity index is 1.68. The van der Waals surface area contributed by atoms with E-state index in [4.69, 9.17) is 12.2 Å². The van der Waals surface area contributed by atoms with Crippen molar-refractivity contribution in [1.82, 2.24) is 16.2 Å². The molecule has 0 aliphatic carbocycles. The third kappa shape index (κ3) is 7.35. The van der Waals surface area contributed by atoms with Crippen molar-refractivity contribution in [3.63, 3.8) is 0 Å². The van der Waals surface area contributed by atoms with Gasteiger partial charge in [0.15, 0.2) is 5.11 Å². The molecule has 0 aromatic heterocycles. The standard InChI is InChI=1S/C21H26FN3OS/c1-21(2,3)17-9-4-15(5-10-17)8-13-19(26)24-25-20(27)23-14-16-6-11-18(22)12-7-16/h4-7,9-12H,8,13-14H2,1-3H3,(H,24,26)(H2,23,25,27). The Morgan fingerprint density at radius 1 is 0.963 bits per heavy atom. The number of amides is 1. The first-order valence-electron chi connectivity index (χ1n) is 8.90. The van der Waals surface area contributed by atoms with E-state index >= 15 is 0 Å². The topological polar surface area (TPSA) is 53.2 Å². The summed E-state index contributed by atoms with van der Waals surface area (Å²) < 4.78 is 12.9. The number of aryl methyl sites for hydroxylation is 1. The number of hydrogen-bond donors (Lipinski definition) is 3. The van der Waals surface area contributed by atoms with E-state index in [1.807, 2.05) is 0 Å². The van der Waals surface area contributed by atoms with E-state index in [0.717, 1.165) is 11.1 Å². The molecule has 0 bridgehead atoms. The van der Waals surface area contributed by atoms with Crippen molar-refractivity contribution >= 4 is 23.2 Å². The van der Waals surface area contributed by atoms with Gasteiger partial charge in [0.25, 0.3) is 0 Å². The average Bonchev–Trinajstić information content (AvgIpc) is 2.64. The minimum atomic E-state index is -0.278. The summed E-state index contributed by atoms with van der Waals surface area (Å²) in [5.74, 6) is -0.416. The van der Waals surface area contributed by atoms with E-state index in [-0.39, 0.29) is 17.1 Å². The lowest BCUT2D eigenvalue weighted by molar-refractivity contribution is -0.121. The van der Waals surface area contributed by atoms with Crippen molar-refractivity contribution in [2.24, 2.45) is 0 Å². The van der Waals surface area contributed by atoms with Gasteiger partial charge in [0.1, 0.15) is 5.82 Å². The Morgan fingerprint density at radius 2 is 1.56 bits per heavy atom. The quantitative estimate of drug-likeness (QED) is 0.540. The lowest BCUT2D eigenvalue weighted by Crippen LogP contribution is -2.46. The third-order valence-corrected chi connectivity index (χ3v) is 4.39. The van der Waals surface area contributed by atoms with Crippen LogP contribution in [-0.2, 0) is 23.2 Å². The highest BCUT2D eigenvalue weighted by atomic mass is 32.1. The summed E-state index contributed by atoms with van der Waals surface area (Å²) in [7, 11) is 0. The Morgan fingerprint density at radius 3 is 2.15 bits per heavy atom. The number of thiocarbonyl (C=S) groups is 1. The molecule has 0 fully saturated rings. The first-order valence-corrected chi connectivity index (χ1v) is 9.31. The van der Waals surface area contributed by atoms with Crippen LogP contribution in [0.2, 0.25) is 0 Å². The molecule has 6 heteroatoms. The zero-order valence-electron chi connectivity index (χ0n) is 15.9. The van der Waals surface area contributed by atoms with E-state index < -0.39 is 0 Å². The van der Waals surface area contributed by atoms with Crippen molar-refractivity contribution in [1.29, 1.82) is 0 Å². The Kier molecular flexibility index (Phi) is 7.30. The fourth-order valence-corrected chi connectivity index (χ4v) is 2.57. The smallest absolute Gasteiger partial charge is 0.238 e. The Bertz CT molecular complexity index is 768. The first kappa shape index (κ1) is 20.8. The predicted molar refractivity (Wildman–Crippen MR) is 111 cm³/mol. The Hall–Kier alpha value is -2.47. The molecule has 0 saturated carbocycles. The number of carbonyl (C=O) groups excluding carboxylic acids is 1. The maximum absolute atomic E-state index is 12.9. The second kappa shape index (κ2) is 9.46. The summed E-state index contributed by atoms with van der Waals surface area (Å²) in [5, 5.41) is 3.26. The Labute approximate surface area is 165 Å². The molecule has 0 radical (unpaired) electrons. The molecule has 4 nitrogen and oxygen atoms in total. The van der Waals surface area contributed by atoms with Gasteiger partial charge >= 0.3 is 0 Å². The molecule has 0 unspecified atom stereocenters. The van der Waals surface area contributed by atoms with Gasteiger partial charge in [0, 0.05) is 13.0 Å². The van der Waals surface area contributed by atoms with Crippen molar-refractivity contribution < 1.29 is 9.18 Å². The molecule has 3 N–H and O–H groups in total. The van der Waals surface area contributed by atoms with Crippen LogP contribution in [0.25, 0.3) is 0 Å². The number of nitrogens with one attached hydrogen (secondary N) is 3. The lowest BCUT2D eigenvalue weighted by Gasteiger charge is -2.19. The molecule has 1 amide bonds. The number of rotatable bonds is 5.